The fraction of sp³-hybridized carbons (Fsp3) is 1.00. The molecule has 0 spiro atoms. The zero-order valence-electron chi connectivity index (χ0n) is 2.20. The van der Waals surface area contributed by atoms with E-state index in [0.29, 0.717) is 21.6 Å². The first-order valence-corrected chi connectivity index (χ1v) is 3.62. The Hall–Kier alpha value is 0.690. The first-order valence-electron chi connectivity index (χ1n) is 1.21. The summed E-state index contributed by atoms with van der Waals surface area (Å²) >= 11 is 0.291. The maximum atomic E-state index is 4.83. The Kier molecular flexibility index (Phi) is 0.881. The molecular weight excluding hydrogens is 167 g/mol. The number of alkyl halides is 1. The zero-order valence-corrected chi connectivity index (χ0v) is 4.36. The summed E-state index contributed by atoms with van der Waals surface area (Å²) in [5.41, 5.74) is 0. The number of halogens is 1. The van der Waals surface area contributed by atoms with Gasteiger partial charge in [0.2, 0.25) is 0 Å². The van der Waals surface area contributed by atoms with Crippen molar-refractivity contribution >= 4 is 0 Å². The molecule has 1 nitrogen and oxygen atoms in total. The van der Waals surface area contributed by atoms with Crippen molar-refractivity contribution in [2.24, 2.45) is 0 Å². The molecule has 26 valence electrons. The summed E-state index contributed by atoms with van der Waals surface area (Å²) in [6, 6.07) is 0. The summed E-state index contributed by atoms with van der Waals surface area (Å²) in [5.74, 6) is 0. The van der Waals surface area contributed by atoms with Crippen molar-refractivity contribution in [2.45, 2.75) is 0 Å². The zero-order chi connectivity index (χ0) is 2.83. The van der Waals surface area contributed by atoms with Gasteiger partial charge in [0.1, 0.15) is 0 Å². The van der Waals surface area contributed by atoms with Gasteiger partial charge in [-0.25, -0.2) is 0 Å². The molecule has 0 amide bonds. The van der Waals surface area contributed by atoms with Gasteiger partial charge in [0.15, 0.2) is 0 Å². The van der Waals surface area contributed by atoms with E-state index in [1.165, 1.54) is 4.43 Å². The molecule has 1 heterocycles. The molecule has 1 aliphatic heterocycles. The fourth-order valence-electron chi connectivity index (χ4n) is 0.0772. The minimum absolute atomic E-state index is 0.291. The molecule has 1 saturated heterocycles. The van der Waals surface area contributed by atoms with Gasteiger partial charge in [-0.3, -0.25) is 0 Å². The molecule has 1 aliphatic rings. The monoisotopic (exact) mass is 171 g/mol. The third-order valence-electron chi connectivity index (χ3n) is 0.309. The third kappa shape index (κ3) is 0.349. The van der Waals surface area contributed by atoms with E-state index in [2.05, 4.69) is 0 Å². The summed E-state index contributed by atoms with van der Waals surface area (Å²) in [4.78, 5) is 0. The van der Waals surface area contributed by atoms with E-state index in [1.807, 2.05) is 0 Å². The van der Waals surface area contributed by atoms with Crippen molar-refractivity contribution < 1.29 is 24.7 Å². The number of hydrogen-bond donors (Lipinski definition) is 0. The molecule has 0 aliphatic carbocycles. The Morgan fingerprint density at radius 1 is 1.75 bits per heavy atom. The standard InChI is InChI=1S/C2H4IO/c1-2-4-3-1/h1-2H2/q-1. The van der Waals surface area contributed by atoms with Gasteiger partial charge < -0.3 is 0 Å². The summed E-state index contributed by atoms with van der Waals surface area (Å²) in [6.45, 7) is 1.05. The van der Waals surface area contributed by atoms with Crippen LogP contribution in [-0.4, -0.2) is 11.0 Å². The van der Waals surface area contributed by atoms with Crippen LogP contribution >= 0.6 is 0 Å². The number of rotatable bonds is 0. The van der Waals surface area contributed by atoms with Gasteiger partial charge in [0.25, 0.3) is 0 Å². The molecule has 0 atom stereocenters. The van der Waals surface area contributed by atoms with Crippen LogP contribution in [-0.2, 0) is 3.07 Å². The molecule has 0 aromatic carbocycles. The average Bonchev–Trinajstić information content (AvgIpc) is 0.722. The van der Waals surface area contributed by atoms with Crippen LogP contribution in [0.5, 0.6) is 0 Å². The normalized spacial score (nSPS) is 26.0. The van der Waals surface area contributed by atoms with Crippen LogP contribution in [0.1, 0.15) is 0 Å². The predicted octanol–water partition coefficient (Wildman–Crippen LogP) is -2.98. The molecule has 0 N–H and O–H groups in total. The van der Waals surface area contributed by atoms with Gasteiger partial charge >= 0.3 is 35.7 Å². The molecule has 0 radical (unpaired) electrons. The fourth-order valence-corrected chi connectivity index (χ4v) is 0.518. The Balaban J connectivity index is 2.00. The molecule has 0 aromatic rings. The summed E-state index contributed by atoms with van der Waals surface area (Å²) in [7, 11) is 0. The topological polar surface area (TPSA) is 9.23 Å². The van der Waals surface area contributed by atoms with Crippen LogP contribution in [0.2, 0.25) is 0 Å². The first kappa shape index (κ1) is 2.90. The predicted molar refractivity (Wildman–Crippen MR) is 10.8 cm³/mol. The van der Waals surface area contributed by atoms with Crippen molar-refractivity contribution in [3.8, 4) is 0 Å². The molecule has 2 heteroatoms. The second kappa shape index (κ2) is 1.21. The Bertz CT molecular complexity index is 14.0. The van der Waals surface area contributed by atoms with Crippen molar-refractivity contribution in [1.29, 1.82) is 0 Å². The van der Waals surface area contributed by atoms with Crippen LogP contribution in [0.25, 0.3) is 0 Å². The summed E-state index contributed by atoms with van der Waals surface area (Å²) < 4.78 is 6.22. The second-order valence-electron chi connectivity index (χ2n) is 0.611. The molecule has 0 saturated carbocycles. The minimum atomic E-state index is 0.291. The van der Waals surface area contributed by atoms with Crippen molar-refractivity contribution in [3.05, 3.63) is 0 Å². The van der Waals surface area contributed by atoms with Crippen LogP contribution in [0, 0.1) is 0 Å². The van der Waals surface area contributed by atoms with E-state index in [-0.39, 0.29) is 0 Å². The van der Waals surface area contributed by atoms with Crippen molar-refractivity contribution in [2.75, 3.05) is 11.0 Å². The molecular formula is C2H4IO-. The van der Waals surface area contributed by atoms with Gasteiger partial charge in [0.05, 0.1) is 0 Å². The maximum absolute atomic E-state index is 4.83. The van der Waals surface area contributed by atoms with E-state index in [4.69, 9.17) is 3.07 Å². The number of hydrogen-bond acceptors (Lipinski definition) is 1. The van der Waals surface area contributed by atoms with Gasteiger partial charge in [-0.15, -0.1) is 0 Å². The van der Waals surface area contributed by atoms with E-state index in [9.17, 15) is 0 Å². The van der Waals surface area contributed by atoms with E-state index in [1.54, 1.807) is 0 Å². The molecule has 0 unspecified atom stereocenters. The first-order chi connectivity index (χ1) is 2.00. The van der Waals surface area contributed by atoms with Crippen LogP contribution < -0.4 is 21.6 Å². The second-order valence-corrected chi connectivity index (χ2v) is 2.94. The van der Waals surface area contributed by atoms with Gasteiger partial charge in [0, 0.05) is 0 Å². The van der Waals surface area contributed by atoms with E-state index >= 15 is 0 Å². The third-order valence-corrected chi connectivity index (χ3v) is 2.07. The van der Waals surface area contributed by atoms with E-state index in [0.717, 1.165) is 6.61 Å². The van der Waals surface area contributed by atoms with Crippen LogP contribution in [0.15, 0.2) is 0 Å². The van der Waals surface area contributed by atoms with Crippen molar-refractivity contribution in [1.82, 2.24) is 0 Å². The van der Waals surface area contributed by atoms with Crippen LogP contribution in [0.4, 0.5) is 0 Å². The average molecular weight is 171 g/mol. The molecule has 1 fully saturated rings. The van der Waals surface area contributed by atoms with E-state index < -0.39 is 0 Å². The molecule has 4 heavy (non-hydrogen) atoms. The van der Waals surface area contributed by atoms with Gasteiger partial charge in [-0.05, 0) is 0 Å². The molecule has 0 aromatic heterocycles. The molecule has 0 bridgehead atoms. The van der Waals surface area contributed by atoms with Gasteiger partial charge in [-0.2, -0.15) is 0 Å². The summed E-state index contributed by atoms with van der Waals surface area (Å²) in [5, 5.41) is 0. The quantitative estimate of drug-likeness (QED) is 0.279. The van der Waals surface area contributed by atoms with Gasteiger partial charge in [-0.1, -0.05) is 0 Å². The van der Waals surface area contributed by atoms with Crippen LogP contribution in [0.3, 0.4) is 0 Å². The summed E-state index contributed by atoms with van der Waals surface area (Å²) in [6.07, 6.45) is 0. The SMILES string of the molecule is C1C[I-]O1. The Morgan fingerprint density at radius 3 is 2.00 bits per heavy atom. The molecule has 1 rings (SSSR count). The Morgan fingerprint density at radius 2 is 2.00 bits per heavy atom. The Labute approximate surface area is 36.1 Å². The van der Waals surface area contributed by atoms with Crippen molar-refractivity contribution in [3.63, 3.8) is 0 Å².